The number of carbonyl (C=O) groups is 4. The second-order valence-electron chi connectivity index (χ2n) is 9.85. The third-order valence-corrected chi connectivity index (χ3v) is 8.08. The number of hydrogen-bond acceptors (Lipinski definition) is 6. The molecule has 0 N–H and O–H groups in total. The van der Waals surface area contributed by atoms with Crippen molar-refractivity contribution in [3.8, 4) is 0 Å². The lowest BCUT2D eigenvalue weighted by Crippen LogP contribution is -2.56. The van der Waals surface area contributed by atoms with Crippen molar-refractivity contribution >= 4 is 23.5 Å². The van der Waals surface area contributed by atoms with E-state index >= 15 is 0 Å². The molecule has 6 nitrogen and oxygen atoms in total. The van der Waals surface area contributed by atoms with Gasteiger partial charge in [-0.1, -0.05) is 31.6 Å². The minimum atomic E-state index is -0.478. The van der Waals surface area contributed by atoms with Crippen LogP contribution in [0.1, 0.15) is 53.4 Å². The van der Waals surface area contributed by atoms with Gasteiger partial charge in [-0.3, -0.25) is 19.2 Å². The molecule has 0 unspecified atom stereocenters. The van der Waals surface area contributed by atoms with Crippen LogP contribution in [0, 0.1) is 28.6 Å². The van der Waals surface area contributed by atoms with Gasteiger partial charge in [-0.25, -0.2) is 0 Å². The summed E-state index contributed by atoms with van der Waals surface area (Å²) in [5.74, 6) is -0.439. The van der Waals surface area contributed by atoms with Crippen LogP contribution in [0.25, 0.3) is 0 Å². The van der Waals surface area contributed by atoms with Gasteiger partial charge in [0.05, 0.1) is 0 Å². The van der Waals surface area contributed by atoms with Crippen LogP contribution < -0.4 is 0 Å². The molecule has 31 heavy (non-hydrogen) atoms. The summed E-state index contributed by atoms with van der Waals surface area (Å²) in [5.41, 5.74) is 1.02. The summed E-state index contributed by atoms with van der Waals surface area (Å²) in [7, 11) is 0. The minimum absolute atomic E-state index is 0.0106. The van der Waals surface area contributed by atoms with Crippen LogP contribution in [0.5, 0.6) is 0 Å². The Morgan fingerprint density at radius 3 is 2.58 bits per heavy atom. The van der Waals surface area contributed by atoms with Gasteiger partial charge < -0.3 is 9.47 Å². The first-order valence-corrected chi connectivity index (χ1v) is 11.0. The molecule has 6 heteroatoms. The van der Waals surface area contributed by atoms with Crippen LogP contribution in [0.2, 0.25) is 0 Å². The largest absolute Gasteiger partial charge is 0.462 e. The smallest absolute Gasteiger partial charge is 0.303 e. The molecular formula is C25H30O6. The quantitative estimate of drug-likeness (QED) is 0.640. The van der Waals surface area contributed by atoms with E-state index in [0.29, 0.717) is 12.0 Å². The molecule has 4 aliphatic rings. The van der Waals surface area contributed by atoms with Crippen LogP contribution in [0.15, 0.2) is 35.5 Å². The maximum Gasteiger partial charge on any atom is 0.303 e. The van der Waals surface area contributed by atoms with E-state index in [2.05, 4.69) is 13.8 Å². The summed E-state index contributed by atoms with van der Waals surface area (Å²) < 4.78 is 10.9. The fourth-order valence-corrected chi connectivity index (χ4v) is 6.86. The van der Waals surface area contributed by atoms with Crippen molar-refractivity contribution in [2.75, 3.05) is 6.61 Å². The summed E-state index contributed by atoms with van der Waals surface area (Å²) in [6.07, 6.45) is 10.0. The van der Waals surface area contributed by atoms with Gasteiger partial charge in [-0.2, -0.15) is 0 Å². The first-order valence-electron chi connectivity index (χ1n) is 11.0. The van der Waals surface area contributed by atoms with Crippen molar-refractivity contribution in [1.29, 1.82) is 0 Å². The lowest BCUT2D eigenvalue weighted by Gasteiger charge is -2.58. The van der Waals surface area contributed by atoms with E-state index in [1.165, 1.54) is 13.8 Å². The molecule has 2 saturated carbocycles. The van der Waals surface area contributed by atoms with Crippen molar-refractivity contribution in [2.24, 2.45) is 28.6 Å². The summed E-state index contributed by atoms with van der Waals surface area (Å²) >= 11 is 0. The van der Waals surface area contributed by atoms with E-state index in [9.17, 15) is 19.2 Å². The summed E-state index contributed by atoms with van der Waals surface area (Å²) in [6, 6.07) is 0. The molecule has 0 bridgehead atoms. The summed E-state index contributed by atoms with van der Waals surface area (Å²) in [5, 5.41) is 0. The molecule has 0 aromatic rings. The highest BCUT2D eigenvalue weighted by molar-refractivity contribution is 6.01. The van der Waals surface area contributed by atoms with E-state index in [1.54, 1.807) is 12.2 Å². The van der Waals surface area contributed by atoms with Crippen LogP contribution in [-0.4, -0.2) is 36.2 Å². The van der Waals surface area contributed by atoms with Crippen molar-refractivity contribution < 1.29 is 28.7 Å². The third kappa shape index (κ3) is 3.50. The van der Waals surface area contributed by atoms with E-state index in [1.807, 2.05) is 12.2 Å². The fourth-order valence-electron chi connectivity index (χ4n) is 6.86. The average Bonchev–Trinajstić information content (AvgIpc) is 3.02. The Hall–Kier alpha value is -2.50. The van der Waals surface area contributed by atoms with Gasteiger partial charge in [0.15, 0.2) is 18.2 Å². The second kappa shape index (κ2) is 7.57. The normalized spacial score (nSPS) is 38.3. The van der Waals surface area contributed by atoms with Gasteiger partial charge in [0.25, 0.3) is 0 Å². The number of fused-ring (bicyclic) bond motifs is 5. The number of carbonyl (C=O) groups excluding carboxylic acids is 4. The molecule has 0 aromatic heterocycles. The van der Waals surface area contributed by atoms with Gasteiger partial charge >= 0.3 is 11.9 Å². The number of Topliss-reactive ketones (excluding diaryl/α,β-unsaturated/α-hetero) is 1. The molecule has 0 saturated heterocycles. The molecule has 0 aromatic carbocycles. The van der Waals surface area contributed by atoms with Crippen LogP contribution in [0.4, 0.5) is 0 Å². The topological polar surface area (TPSA) is 86.7 Å². The average molecular weight is 427 g/mol. The fraction of sp³-hybridized carbons (Fsp3) is 0.600. The number of ether oxygens (including phenoxy) is 2. The summed E-state index contributed by atoms with van der Waals surface area (Å²) in [6.45, 7) is 6.68. The standard InChI is InChI=1S/C25H30O6/c1-14(26)30-13-21(29)20-8-7-19-18-6-5-16-11-17(28)9-10-24(16,3)23(18)22(31-15(2)27)12-25(19,20)4/h8-11,18-19,22-23H,5-7,12-13H2,1-4H3/t18-,19-,22+,23+,24+,25+/m1/s1. The highest BCUT2D eigenvalue weighted by Gasteiger charge is 2.61. The van der Waals surface area contributed by atoms with Gasteiger partial charge in [-0.15, -0.1) is 0 Å². The number of hydrogen-bond donors (Lipinski definition) is 0. The van der Waals surface area contributed by atoms with E-state index in [0.717, 1.165) is 24.8 Å². The molecule has 0 heterocycles. The summed E-state index contributed by atoms with van der Waals surface area (Å²) in [4.78, 5) is 48.2. The van der Waals surface area contributed by atoms with Crippen LogP contribution in [-0.2, 0) is 28.7 Å². The van der Waals surface area contributed by atoms with Gasteiger partial charge in [-0.05, 0) is 49.7 Å². The Balaban J connectivity index is 1.70. The maximum absolute atomic E-state index is 12.9. The Morgan fingerprint density at radius 2 is 1.90 bits per heavy atom. The minimum Gasteiger partial charge on any atom is -0.462 e. The highest BCUT2D eigenvalue weighted by atomic mass is 16.5. The van der Waals surface area contributed by atoms with Crippen molar-refractivity contribution in [2.45, 2.75) is 59.5 Å². The molecule has 2 fully saturated rings. The highest BCUT2D eigenvalue weighted by Crippen LogP contribution is 2.65. The van der Waals surface area contributed by atoms with E-state index in [-0.39, 0.29) is 53.4 Å². The maximum atomic E-state index is 12.9. The van der Waals surface area contributed by atoms with Crippen molar-refractivity contribution in [3.63, 3.8) is 0 Å². The zero-order valence-corrected chi connectivity index (χ0v) is 18.6. The zero-order valence-electron chi connectivity index (χ0n) is 18.6. The van der Waals surface area contributed by atoms with E-state index < -0.39 is 11.4 Å². The Labute approximate surface area is 182 Å². The third-order valence-electron chi connectivity index (χ3n) is 8.08. The number of ketones is 2. The number of rotatable bonds is 4. The number of allylic oxidation sites excluding steroid dienone is 5. The van der Waals surface area contributed by atoms with Crippen LogP contribution >= 0.6 is 0 Å². The van der Waals surface area contributed by atoms with Gasteiger partial charge in [0.1, 0.15) is 6.10 Å². The zero-order chi connectivity index (χ0) is 22.6. The molecule has 0 aliphatic heterocycles. The monoisotopic (exact) mass is 426 g/mol. The Bertz CT molecular complexity index is 940. The molecular weight excluding hydrogens is 396 g/mol. The molecule has 0 radical (unpaired) electrons. The van der Waals surface area contributed by atoms with E-state index in [4.69, 9.17) is 9.47 Å². The lowest BCUT2D eigenvalue weighted by molar-refractivity contribution is -0.167. The molecule has 166 valence electrons. The first kappa shape index (κ1) is 21.7. The molecule has 4 aliphatic carbocycles. The lowest BCUT2D eigenvalue weighted by atomic mass is 9.46. The second-order valence-corrected chi connectivity index (χ2v) is 9.85. The predicted molar refractivity (Wildman–Crippen MR) is 113 cm³/mol. The van der Waals surface area contributed by atoms with Crippen LogP contribution in [0.3, 0.4) is 0 Å². The molecule has 0 amide bonds. The molecule has 6 atom stereocenters. The first-order chi connectivity index (χ1) is 14.6. The molecule has 4 rings (SSSR count). The SMILES string of the molecule is CC(=O)OCC(=O)C1=CC[C@@H]2[C@H]3CCC4=CC(=O)C=C[C@]4(C)[C@@H]3[C@@H](OC(C)=O)C[C@]12C. The Kier molecular flexibility index (Phi) is 5.31. The Morgan fingerprint density at radius 1 is 1.16 bits per heavy atom. The molecule has 0 spiro atoms. The predicted octanol–water partition coefficient (Wildman–Crippen LogP) is 3.50. The van der Waals surface area contributed by atoms with Crippen molar-refractivity contribution in [1.82, 2.24) is 0 Å². The van der Waals surface area contributed by atoms with Gasteiger partial charge in [0, 0.05) is 36.2 Å². The van der Waals surface area contributed by atoms with Gasteiger partial charge in [0.2, 0.25) is 0 Å². The van der Waals surface area contributed by atoms with Crippen molar-refractivity contribution in [3.05, 3.63) is 35.5 Å². The number of esters is 2.